The Morgan fingerprint density at radius 1 is 1.00 bits per heavy atom. The van der Waals surface area contributed by atoms with Gasteiger partial charge in [-0.05, 0) is 79.5 Å². The number of nitrogens with one attached hydrogen (secondary N) is 1. The molecule has 0 spiro atoms. The van der Waals surface area contributed by atoms with Crippen LogP contribution in [-0.4, -0.2) is 20.9 Å². The first kappa shape index (κ1) is 22.8. The molecule has 0 aromatic heterocycles. The normalized spacial score (nSPS) is 23.8. The lowest BCUT2D eigenvalue weighted by Gasteiger charge is -2.31. The molecule has 2 aromatic rings. The smallest absolute Gasteiger partial charge is 0.264 e. The molecular weight excluding hydrogens is 427 g/mol. The van der Waals surface area contributed by atoms with Crippen molar-refractivity contribution >= 4 is 27.3 Å². The average molecular weight is 459 g/mol. The highest BCUT2D eigenvalue weighted by molar-refractivity contribution is 7.92. The molecule has 2 unspecified atom stereocenters. The Kier molecular flexibility index (Phi) is 6.56. The molecule has 1 aliphatic heterocycles. The van der Waals surface area contributed by atoms with Crippen LogP contribution in [0.1, 0.15) is 51.5 Å². The molecule has 5 nitrogen and oxygen atoms in total. The van der Waals surface area contributed by atoms with Crippen molar-refractivity contribution in [1.29, 1.82) is 0 Å². The first-order valence-electron chi connectivity index (χ1n) is 11.5. The van der Waals surface area contributed by atoms with Gasteiger partial charge in [-0.25, -0.2) is 12.8 Å². The fourth-order valence-electron chi connectivity index (χ4n) is 5.20. The molecule has 1 N–H and O–H groups in total. The maximum atomic E-state index is 13.3. The van der Waals surface area contributed by atoms with Crippen LogP contribution in [0.15, 0.2) is 47.4 Å². The Labute approximate surface area is 190 Å². The van der Waals surface area contributed by atoms with Gasteiger partial charge in [0.2, 0.25) is 5.91 Å². The van der Waals surface area contributed by atoms with Crippen LogP contribution in [0.2, 0.25) is 0 Å². The first-order chi connectivity index (χ1) is 15.3. The number of halogens is 1. The van der Waals surface area contributed by atoms with Gasteiger partial charge in [-0.1, -0.05) is 32.8 Å². The van der Waals surface area contributed by atoms with Crippen molar-refractivity contribution in [1.82, 2.24) is 0 Å². The predicted octanol–water partition coefficient (Wildman–Crippen LogP) is 5.37. The maximum absolute atomic E-state index is 13.3. The summed E-state index contributed by atoms with van der Waals surface area (Å²) in [6.45, 7) is 4.65. The molecule has 7 heteroatoms. The predicted molar refractivity (Wildman–Crippen MR) is 125 cm³/mol. The van der Waals surface area contributed by atoms with Crippen molar-refractivity contribution < 1.29 is 17.6 Å². The van der Waals surface area contributed by atoms with Crippen LogP contribution in [0.3, 0.4) is 0 Å². The van der Waals surface area contributed by atoms with E-state index in [1.54, 1.807) is 6.07 Å². The van der Waals surface area contributed by atoms with E-state index in [9.17, 15) is 17.6 Å². The molecule has 1 heterocycles. The monoisotopic (exact) mass is 458 g/mol. The summed E-state index contributed by atoms with van der Waals surface area (Å²) in [5, 5.41) is 3.06. The summed E-state index contributed by atoms with van der Waals surface area (Å²) in [5.41, 5.74) is 2.12. The molecule has 0 saturated heterocycles. The Bertz CT molecular complexity index is 1070. The quantitative estimate of drug-likeness (QED) is 0.627. The van der Waals surface area contributed by atoms with Gasteiger partial charge in [-0.2, -0.15) is 0 Å². The van der Waals surface area contributed by atoms with E-state index in [1.807, 2.05) is 12.1 Å². The summed E-state index contributed by atoms with van der Waals surface area (Å²) in [7, 11) is -3.83. The summed E-state index contributed by atoms with van der Waals surface area (Å²) >= 11 is 0. The molecule has 2 atom stereocenters. The highest BCUT2D eigenvalue weighted by atomic mass is 32.2. The zero-order valence-corrected chi connectivity index (χ0v) is 19.5. The molecule has 4 rings (SSSR count). The molecule has 1 aliphatic carbocycles. The standard InChI is InChI=1S/C25H31FN2O3S/c1-17-6-3-4-7-18(2)24(17)25(29)27-21-12-9-19-8-5-15-28(23(19)16-21)32(30,31)22-13-10-20(26)11-14-22/h9-14,16-18,24H,3-8,15H2,1-2H3,(H,27,29). The van der Waals surface area contributed by atoms with Gasteiger partial charge < -0.3 is 5.32 Å². The van der Waals surface area contributed by atoms with Crippen LogP contribution in [-0.2, 0) is 21.2 Å². The van der Waals surface area contributed by atoms with Gasteiger partial charge in [-0.15, -0.1) is 0 Å². The Morgan fingerprint density at radius 2 is 1.66 bits per heavy atom. The zero-order chi connectivity index (χ0) is 22.9. The molecule has 1 fully saturated rings. The molecule has 1 saturated carbocycles. The van der Waals surface area contributed by atoms with E-state index in [-0.39, 0.29) is 16.7 Å². The van der Waals surface area contributed by atoms with Gasteiger partial charge >= 0.3 is 0 Å². The van der Waals surface area contributed by atoms with Crippen molar-refractivity contribution in [2.75, 3.05) is 16.2 Å². The summed E-state index contributed by atoms with van der Waals surface area (Å²) < 4.78 is 41.3. The van der Waals surface area contributed by atoms with E-state index < -0.39 is 15.8 Å². The first-order valence-corrected chi connectivity index (χ1v) is 12.9. The number of nitrogens with zero attached hydrogens (tertiary/aromatic N) is 1. The number of carbonyl (C=O) groups excluding carboxylic acids is 1. The van der Waals surface area contributed by atoms with Gasteiger partial charge in [0.1, 0.15) is 5.82 Å². The second-order valence-corrected chi connectivity index (χ2v) is 11.1. The molecule has 0 radical (unpaired) electrons. The van der Waals surface area contributed by atoms with Gasteiger partial charge in [-0.3, -0.25) is 9.10 Å². The van der Waals surface area contributed by atoms with Crippen LogP contribution in [0, 0.1) is 23.6 Å². The molecule has 0 bridgehead atoms. The lowest BCUT2D eigenvalue weighted by atomic mass is 9.81. The Morgan fingerprint density at radius 3 is 2.31 bits per heavy atom. The summed E-state index contributed by atoms with van der Waals surface area (Å²) in [6.07, 6.45) is 5.90. The fourth-order valence-corrected chi connectivity index (χ4v) is 6.73. The van der Waals surface area contributed by atoms with Crippen molar-refractivity contribution in [2.45, 2.75) is 57.3 Å². The van der Waals surface area contributed by atoms with Gasteiger partial charge in [0, 0.05) is 18.2 Å². The van der Waals surface area contributed by atoms with Gasteiger partial charge in [0.05, 0.1) is 10.6 Å². The van der Waals surface area contributed by atoms with Crippen LogP contribution < -0.4 is 9.62 Å². The highest BCUT2D eigenvalue weighted by Gasteiger charge is 2.33. The minimum Gasteiger partial charge on any atom is -0.326 e. The summed E-state index contributed by atoms with van der Waals surface area (Å²) in [6, 6.07) is 10.4. The van der Waals surface area contributed by atoms with Crippen LogP contribution in [0.25, 0.3) is 0 Å². The summed E-state index contributed by atoms with van der Waals surface area (Å²) in [5.74, 6) is 0.124. The topological polar surface area (TPSA) is 66.5 Å². The average Bonchev–Trinajstić information content (AvgIpc) is 2.93. The Balaban J connectivity index is 1.61. The van der Waals surface area contributed by atoms with E-state index in [1.165, 1.54) is 16.4 Å². The van der Waals surface area contributed by atoms with Crippen molar-refractivity contribution in [2.24, 2.45) is 17.8 Å². The Hall–Kier alpha value is -2.41. The van der Waals surface area contributed by atoms with E-state index in [0.29, 0.717) is 36.2 Å². The lowest BCUT2D eigenvalue weighted by Crippen LogP contribution is -2.36. The third-order valence-corrected chi connectivity index (χ3v) is 8.76. The van der Waals surface area contributed by atoms with Crippen LogP contribution in [0.4, 0.5) is 15.8 Å². The maximum Gasteiger partial charge on any atom is 0.264 e. The van der Waals surface area contributed by atoms with Crippen LogP contribution >= 0.6 is 0 Å². The van der Waals surface area contributed by atoms with E-state index in [0.717, 1.165) is 49.8 Å². The number of benzene rings is 2. The molecule has 2 aromatic carbocycles. The van der Waals surface area contributed by atoms with E-state index in [2.05, 4.69) is 19.2 Å². The van der Waals surface area contributed by atoms with Crippen molar-refractivity contribution in [3.63, 3.8) is 0 Å². The zero-order valence-electron chi connectivity index (χ0n) is 18.7. The highest BCUT2D eigenvalue weighted by Crippen LogP contribution is 2.36. The molecule has 32 heavy (non-hydrogen) atoms. The lowest BCUT2D eigenvalue weighted by molar-refractivity contribution is -0.122. The number of amides is 1. The van der Waals surface area contributed by atoms with Crippen LogP contribution in [0.5, 0.6) is 0 Å². The largest absolute Gasteiger partial charge is 0.326 e. The number of anilines is 2. The number of rotatable bonds is 4. The molecule has 2 aliphatic rings. The number of carbonyl (C=O) groups is 1. The number of aryl methyl sites for hydroxylation is 1. The second-order valence-electron chi connectivity index (χ2n) is 9.23. The molecule has 1 amide bonds. The summed E-state index contributed by atoms with van der Waals surface area (Å²) in [4.78, 5) is 13.2. The number of fused-ring (bicyclic) bond motifs is 1. The van der Waals surface area contributed by atoms with Gasteiger partial charge in [0.25, 0.3) is 10.0 Å². The third-order valence-electron chi connectivity index (χ3n) is 6.93. The number of hydrogen-bond acceptors (Lipinski definition) is 3. The van der Waals surface area contributed by atoms with E-state index in [4.69, 9.17) is 0 Å². The van der Waals surface area contributed by atoms with E-state index >= 15 is 0 Å². The minimum atomic E-state index is -3.83. The minimum absolute atomic E-state index is 0.00982. The second kappa shape index (κ2) is 9.22. The molecular formula is C25H31FN2O3S. The fraction of sp³-hybridized carbons (Fsp3) is 0.480. The van der Waals surface area contributed by atoms with Crippen molar-refractivity contribution in [3.8, 4) is 0 Å². The third kappa shape index (κ3) is 4.53. The number of hydrogen-bond donors (Lipinski definition) is 1. The van der Waals surface area contributed by atoms with Gasteiger partial charge in [0.15, 0.2) is 0 Å². The SMILES string of the molecule is CC1CCCCC(C)C1C(=O)Nc1ccc2c(c1)N(S(=O)(=O)c1ccc(F)cc1)CCC2. The number of sulfonamides is 1. The molecule has 172 valence electrons. The van der Waals surface area contributed by atoms with Crippen molar-refractivity contribution in [3.05, 3.63) is 53.8 Å².